The number of benzene rings is 2. The van der Waals surface area contributed by atoms with Crippen LogP contribution in [-0.4, -0.2) is 15.5 Å². The van der Waals surface area contributed by atoms with Crippen LogP contribution in [0.15, 0.2) is 59.5 Å². The van der Waals surface area contributed by atoms with Crippen LogP contribution in [0.4, 0.5) is 5.69 Å². The molecule has 5 heteroatoms. The van der Waals surface area contributed by atoms with E-state index in [1.165, 1.54) is 0 Å². The molecule has 5 nitrogen and oxygen atoms in total. The summed E-state index contributed by atoms with van der Waals surface area (Å²) in [5.41, 5.74) is 4.39. The fourth-order valence-corrected chi connectivity index (χ4v) is 3.65. The topological polar surface area (TPSA) is 66.9 Å². The lowest BCUT2D eigenvalue weighted by Gasteiger charge is -2.08. The van der Waals surface area contributed by atoms with E-state index in [-0.39, 0.29) is 11.5 Å². The molecule has 0 aliphatic heterocycles. The summed E-state index contributed by atoms with van der Waals surface area (Å²) < 4.78 is 2.03. The summed E-state index contributed by atoms with van der Waals surface area (Å²) in [7, 11) is 1.98. The van der Waals surface area contributed by atoms with Crippen molar-refractivity contribution in [2.75, 3.05) is 5.32 Å². The van der Waals surface area contributed by atoms with Crippen LogP contribution in [-0.2, 0) is 24.7 Å². The quantitative estimate of drug-likeness (QED) is 0.582. The van der Waals surface area contributed by atoms with Crippen LogP contribution < -0.4 is 10.9 Å². The van der Waals surface area contributed by atoms with Gasteiger partial charge in [-0.2, -0.15) is 0 Å². The van der Waals surface area contributed by atoms with Crippen molar-refractivity contribution in [2.24, 2.45) is 7.05 Å². The number of hydrogen-bond acceptors (Lipinski definition) is 2. The molecule has 0 unspecified atom stereocenters. The standard InChI is InChI=1S/C22H21N3O2/c1-3-14-10-22(27)24-19-12-16(8-9-17(14)19)23-21(26)11-15-13-25(2)20-7-5-4-6-18(15)20/h4-10,12-13H,3,11H2,1-2H3,(H,23,26)(H,24,27). The van der Waals surface area contributed by atoms with Crippen molar-refractivity contribution in [3.05, 3.63) is 76.2 Å². The summed E-state index contributed by atoms with van der Waals surface area (Å²) in [4.78, 5) is 27.2. The summed E-state index contributed by atoms with van der Waals surface area (Å²) in [6, 6.07) is 15.3. The molecule has 2 aromatic heterocycles. The second-order valence-electron chi connectivity index (χ2n) is 6.78. The molecule has 27 heavy (non-hydrogen) atoms. The van der Waals surface area contributed by atoms with E-state index in [4.69, 9.17) is 0 Å². The van der Waals surface area contributed by atoms with Gasteiger partial charge in [-0.1, -0.05) is 31.2 Å². The van der Waals surface area contributed by atoms with Gasteiger partial charge in [-0.05, 0) is 35.7 Å². The lowest BCUT2D eigenvalue weighted by molar-refractivity contribution is -0.115. The van der Waals surface area contributed by atoms with Crippen molar-refractivity contribution in [3.8, 4) is 0 Å². The number of fused-ring (bicyclic) bond motifs is 2. The number of aromatic amines is 1. The Kier molecular flexibility index (Phi) is 4.28. The highest BCUT2D eigenvalue weighted by atomic mass is 16.1. The van der Waals surface area contributed by atoms with Crippen molar-refractivity contribution in [1.82, 2.24) is 9.55 Å². The molecule has 136 valence electrons. The molecule has 0 bridgehead atoms. The van der Waals surface area contributed by atoms with E-state index in [1.54, 1.807) is 6.07 Å². The van der Waals surface area contributed by atoms with Gasteiger partial charge in [-0.15, -0.1) is 0 Å². The van der Waals surface area contributed by atoms with Crippen molar-refractivity contribution in [3.63, 3.8) is 0 Å². The van der Waals surface area contributed by atoms with Crippen LogP contribution in [0.2, 0.25) is 0 Å². The van der Waals surface area contributed by atoms with Gasteiger partial charge in [0.2, 0.25) is 11.5 Å². The Hall–Kier alpha value is -3.34. The molecule has 0 spiro atoms. The molecule has 0 aliphatic rings. The molecular weight excluding hydrogens is 338 g/mol. The summed E-state index contributed by atoms with van der Waals surface area (Å²) in [5, 5.41) is 5.04. The number of anilines is 1. The van der Waals surface area contributed by atoms with Crippen LogP contribution in [0.25, 0.3) is 21.8 Å². The number of pyridine rings is 1. The van der Waals surface area contributed by atoms with E-state index in [9.17, 15) is 9.59 Å². The predicted octanol–water partition coefficient (Wildman–Crippen LogP) is 3.76. The Morgan fingerprint density at radius 2 is 1.89 bits per heavy atom. The maximum Gasteiger partial charge on any atom is 0.248 e. The number of carbonyl (C=O) groups excluding carboxylic acids is 1. The number of carbonyl (C=O) groups is 1. The second-order valence-corrected chi connectivity index (χ2v) is 6.78. The first-order chi connectivity index (χ1) is 13.0. The molecule has 2 aromatic carbocycles. The van der Waals surface area contributed by atoms with E-state index in [2.05, 4.69) is 10.3 Å². The minimum Gasteiger partial charge on any atom is -0.350 e. The minimum atomic E-state index is -0.126. The Morgan fingerprint density at radius 1 is 1.07 bits per heavy atom. The van der Waals surface area contributed by atoms with Crippen LogP contribution in [0.1, 0.15) is 18.1 Å². The first kappa shape index (κ1) is 17.1. The zero-order chi connectivity index (χ0) is 19.0. The number of para-hydroxylation sites is 1. The molecule has 0 saturated heterocycles. The highest BCUT2D eigenvalue weighted by molar-refractivity contribution is 5.97. The van der Waals surface area contributed by atoms with Gasteiger partial charge in [0, 0.05) is 41.3 Å². The zero-order valence-electron chi connectivity index (χ0n) is 15.4. The van der Waals surface area contributed by atoms with Crippen molar-refractivity contribution in [2.45, 2.75) is 19.8 Å². The van der Waals surface area contributed by atoms with Gasteiger partial charge in [-0.25, -0.2) is 0 Å². The highest BCUT2D eigenvalue weighted by Gasteiger charge is 2.11. The number of nitrogens with one attached hydrogen (secondary N) is 2. The number of aromatic nitrogens is 2. The number of rotatable bonds is 4. The first-order valence-corrected chi connectivity index (χ1v) is 9.04. The third-order valence-corrected chi connectivity index (χ3v) is 4.92. The van der Waals surface area contributed by atoms with Crippen molar-refractivity contribution in [1.29, 1.82) is 0 Å². The normalized spacial score (nSPS) is 11.2. The van der Waals surface area contributed by atoms with Crippen LogP contribution in [0, 0.1) is 0 Å². The lowest BCUT2D eigenvalue weighted by Crippen LogP contribution is -2.14. The third-order valence-electron chi connectivity index (χ3n) is 4.92. The van der Waals surface area contributed by atoms with Gasteiger partial charge < -0.3 is 14.9 Å². The van der Waals surface area contributed by atoms with Gasteiger partial charge in [0.25, 0.3) is 0 Å². The molecule has 2 N–H and O–H groups in total. The average molecular weight is 359 g/mol. The Labute approximate surface area is 156 Å². The monoisotopic (exact) mass is 359 g/mol. The number of nitrogens with zero attached hydrogens (tertiary/aromatic N) is 1. The average Bonchev–Trinajstić information content (AvgIpc) is 2.96. The van der Waals surface area contributed by atoms with Crippen molar-refractivity contribution < 1.29 is 4.79 Å². The Bertz CT molecular complexity index is 1220. The maximum absolute atomic E-state index is 12.6. The summed E-state index contributed by atoms with van der Waals surface area (Å²) in [6.07, 6.45) is 3.08. The zero-order valence-corrected chi connectivity index (χ0v) is 15.4. The van der Waals surface area contributed by atoms with E-state index in [1.807, 2.05) is 67.2 Å². The van der Waals surface area contributed by atoms with Crippen LogP contribution in [0.3, 0.4) is 0 Å². The minimum absolute atomic E-state index is 0.0836. The van der Waals surface area contributed by atoms with Gasteiger partial charge in [0.1, 0.15) is 0 Å². The van der Waals surface area contributed by atoms with Crippen LogP contribution in [0.5, 0.6) is 0 Å². The number of amides is 1. The molecule has 4 aromatic rings. The molecule has 0 atom stereocenters. The molecule has 1 amide bonds. The SMILES string of the molecule is CCc1cc(=O)[nH]c2cc(NC(=O)Cc3cn(C)c4ccccc34)ccc12. The lowest BCUT2D eigenvalue weighted by atomic mass is 10.1. The highest BCUT2D eigenvalue weighted by Crippen LogP contribution is 2.23. The number of aryl methyl sites for hydroxylation is 2. The smallest absolute Gasteiger partial charge is 0.248 e. The first-order valence-electron chi connectivity index (χ1n) is 9.04. The molecule has 0 radical (unpaired) electrons. The number of H-pyrrole nitrogens is 1. The van der Waals surface area contributed by atoms with E-state index in [0.29, 0.717) is 12.1 Å². The molecular formula is C22H21N3O2. The van der Waals surface area contributed by atoms with Gasteiger partial charge in [-0.3, -0.25) is 9.59 Å². The van der Waals surface area contributed by atoms with Gasteiger partial charge >= 0.3 is 0 Å². The van der Waals surface area contributed by atoms with Gasteiger partial charge in [0.05, 0.1) is 11.9 Å². The fourth-order valence-electron chi connectivity index (χ4n) is 3.65. The van der Waals surface area contributed by atoms with Gasteiger partial charge in [0.15, 0.2) is 0 Å². The number of hydrogen-bond donors (Lipinski definition) is 2. The Morgan fingerprint density at radius 3 is 2.70 bits per heavy atom. The summed E-state index contributed by atoms with van der Waals surface area (Å²) in [6.45, 7) is 2.02. The largest absolute Gasteiger partial charge is 0.350 e. The van der Waals surface area contributed by atoms with E-state index >= 15 is 0 Å². The summed E-state index contributed by atoms with van der Waals surface area (Å²) >= 11 is 0. The molecule has 0 aliphatic carbocycles. The van der Waals surface area contributed by atoms with E-state index < -0.39 is 0 Å². The molecule has 4 rings (SSSR count). The predicted molar refractivity (Wildman–Crippen MR) is 109 cm³/mol. The van der Waals surface area contributed by atoms with Crippen LogP contribution >= 0.6 is 0 Å². The molecule has 2 heterocycles. The molecule has 0 saturated carbocycles. The summed E-state index contributed by atoms with van der Waals surface area (Å²) in [5.74, 6) is -0.0836. The Balaban J connectivity index is 1.60. The second kappa shape index (κ2) is 6.76. The molecule has 0 fully saturated rings. The third kappa shape index (κ3) is 3.24. The van der Waals surface area contributed by atoms with E-state index in [0.717, 1.165) is 39.4 Å². The fraction of sp³-hybridized carbons (Fsp3) is 0.182. The maximum atomic E-state index is 12.6. The van der Waals surface area contributed by atoms with Crippen molar-refractivity contribution >= 4 is 33.4 Å².